The highest BCUT2D eigenvalue weighted by atomic mass is 16.2. The van der Waals surface area contributed by atoms with E-state index < -0.39 is 0 Å². The normalized spacial score (nSPS) is 15.7. The van der Waals surface area contributed by atoms with Gasteiger partial charge < -0.3 is 10.6 Å². The maximum Gasteiger partial charge on any atom is 0.222 e. The molecule has 0 spiro atoms. The Labute approximate surface area is 93.0 Å². The first-order valence-electron chi connectivity index (χ1n) is 6.14. The van der Waals surface area contributed by atoms with Crippen molar-refractivity contribution in [1.82, 2.24) is 4.90 Å². The van der Waals surface area contributed by atoms with Crippen molar-refractivity contribution in [2.24, 2.45) is 11.7 Å². The molecule has 0 aromatic carbocycles. The number of hydrogen-bond donors (Lipinski definition) is 1. The SMILES string of the molecule is CC(C)CCN(C(=O)CCCN)C1CC1. The van der Waals surface area contributed by atoms with Crippen molar-refractivity contribution in [1.29, 1.82) is 0 Å². The molecule has 3 heteroatoms. The van der Waals surface area contributed by atoms with Gasteiger partial charge in [-0.25, -0.2) is 0 Å². The topological polar surface area (TPSA) is 46.3 Å². The van der Waals surface area contributed by atoms with Gasteiger partial charge in [0.1, 0.15) is 0 Å². The van der Waals surface area contributed by atoms with Crippen LogP contribution in [0.15, 0.2) is 0 Å². The van der Waals surface area contributed by atoms with Crippen LogP contribution in [0.4, 0.5) is 0 Å². The summed E-state index contributed by atoms with van der Waals surface area (Å²) in [5, 5.41) is 0. The summed E-state index contributed by atoms with van der Waals surface area (Å²) < 4.78 is 0. The Morgan fingerprint density at radius 3 is 2.60 bits per heavy atom. The highest BCUT2D eigenvalue weighted by molar-refractivity contribution is 5.76. The molecule has 0 aliphatic heterocycles. The van der Waals surface area contributed by atoms with Crippen LogP contribution in [-0.2, 0) is 4.79 Å². The molecule has 0 saturated heterocycles. The largest absolute Gasteiger partial charge is 0.340 e. The second-order valence-electron chi connectivity index (χ2n) is 4.89. The molecule has 1 aliphatic rings. The van der Waals surface area contributed by atoms with E-state index in [1.807, 2.05) is 0 Å². The first-order valence-corrected chi connectivity index (χ1v) is 6.14. The second kappa shape index (κ2) is 6.11. The van der Waals surface area contributed by atoms with Crippen LogP contribution in [0.5, 0.6) is 0 Å². The molecular formula is C12H24N2O. The van der Waals surface area contributed by atoms with Gasteiger partial charge in [0.2, 0.25) is 5.91 Å². The van der Waals surface area contributed by atoms with E-state index >= 15 is 0 Å². The molecule has 0 bridgehead atoms. The van der Waals surface area contributed by atoms with Crippen molar-refractivity contribution < 1.29 is 4.79 Å². The zero-order valence-electron chi connectivity index (χ0n) is 10.0. The van der Waals surface area contributed by atoms with Crippen LogP contribution in [0.25, 0.3) is 0 Å². The van der Waals surface area contributed by atoms with Crippen molar-refractivity contribution in [2.75, 3.05) is 13.1 Å². The Morgan fingerprint density at radius 1 is 1.47 bits per heavy atom. The number of rotatable bonds is 7. The third kappa shape index (κ3) is 4.65. The molecule has 1 amide bonds. The lowest BCUT2D eigenvalue weighted by atomic mass is 10.1. The Morgan fingerprint density at radius 2 is 2.13 bits per heavy atom. The van der Waals surface area contributed by atoms with Gasteiger partial charge in [-0.1, -0.05) is 13.8 Å². The van der Waals surface area contributed by atoms with Crippen LogP contribution in [0, 0.1) is 5.92 Å². The number of amides is 1. The maximum atomic E-state index is 11.9. The average Bonchev–Trinajstić information content (AvgIpc) is 2.98. The quantitative estimate of drug-likeness (QED) is 0.699. The molecule has 1 aliphatic carbocycles. The van der Waals surface area contributed by atoms with E-state index in [2.05, 4.69) is 18.7 Å². The van der Waals surface area contributed by atoms with Crippen molar-refractivity contribution in [3.05, 3.63) is 0 Å². The molecule has 0 atom stereocenters. The summed E-state index contributed by atoms with van der Waals surface area (Å²) in [6.45, 7) is 5.96. The van der Waals surface area contributed by atoms with Crippen molar-refractivity contribution in [3.63, 3.8) is 0 Å². The molecule has 0 aromatic heterocycles. The Hall–Kier alpha value is -0.570. The summed E-state index contributed by atoms with van der Waals surface area (Å²) in [5.74, 6) is 0.983. The van der Waals surface area contributed by atoms with Crippen molar-refractivity contribution in [3.8, 4) is 0 Å². The molecule has 0 radical (unpaired) electrons. The molecule has 88 valence electrons. The number of hydrogen-bond acceptors (Lipinski definition) is 2. The van der Waals surface area contributed by atoms with E-state index in [0.717, 1.165) is 19.4 Å². The van der Waals surface area contributed by atoms with Crippen LogP contribution >= 0.6 is 0 Å². The summed E-state index contributed by atoms with van der Waals surface area (Å²) in [6.07, 6.45) is 4.97. The van der Waals surface area contributed by atoms with E-state index in [4.69, 9.17) is 5.73 Å². The maximum absolute atomic E-state index is 11.9. The summed E-state index contributed by atoms with van der Waals surface area (Å²) in [5.41, 5.74) is 5.42. The molecular weight excluding hydrogens is 188 g/mol. The first kappa shape index (κ1) is 12.5. The lowest BCUT2D eigenvalue weighted by Gasteiger charge is -2.23. The zero-order valence-corrected chi connectivity index (χ0v) is 10.0. The molecule has 0 unspecified atom stereocenters. The molecule has 1 rings (SSSR count). The van der Waals surface area contributed by atoms with Gasteiger partial charge in [0.05, 0.1) is 0 Å². The highest BCUT2D eigenvalue weighted by Crippen LogP contribution is 2.28. The average molecular weight is 212 g/mol. The smallest absolute Gasteiger partial charge is 0.222 e. The van der Waals surface area contributed by atoms with Gasteiger partial charge in [0, 0.05) is 19.0 Å². The fraction of sp³-hybridized carbons (Fsp3) is 0.917. The predicted octanol–water partition coefficient (Wildman–Crippen LogP) is 1.76. The molecule has 1 saturated carbocycles. The summed E-state index contributed by atoms with van der Waals surface area (Å²) in [6, 6.07) is 0.550. The van der Waals surface area contributed by atoms with Gasteiger partial charge in [-0.2, -0.15) is 0 Å². The number of carbonyl (C=O) groups excluding carboxylic acids is 1. The van der Waals surface area contributed by atoms with Gasteiger partial charge in [0.25, 0.3) is 0 Å². The standard InChI is InChI=1S/C12H24N2O/c1-10(2)7-9-14(11-5-6-11)12(15)4-3-8-13/h10-11H,3-9,13H2,1-2H3. The summed E-state index contributed by atoms with van der Waals surface area (Å²) >= 11 is 0. The van der Waals surface area contributed by atoms with Gasteiger partial charge >= 0.3 is 0 Å². The predicted molar refractivity (Wildman–Crippen MR) is 62.5 cm³/mol. The van der Waals surface area contributed by atoms with Crippen LogP contribution in [0.2, 0.25) is 0 Å². The summed E-state index contributed by atoms with van der Waals surface area (Å²) in [4.78, 5) is 13.9. The summed E-state index contributed by atoms with van der Waals surface area (Å²) in [7, 11) is 0. The van der Waals surface area contributed by atoms with E-state index in [0.29, 0.717) is 30.8 Å². The van der Waals surface area contributed by atoms with Crippen LogP contribution in [0.3, 0.4) is 0 Å². The number of nitrogens with zero attached hydrogens (tertiary/aromatic N) is 1. The zero-order chi connectivity index (χ0) is 11.3. The fourth-order valence-corrected chi connectivity index (χ4v) is 1.69. The van der Waals surface area contributed by atoms with E-state index in [1.54, 1.807) is 0 Å². The fourth-order valence-electron chi connectivity index (χ4n) is 1.69. The van der Waals surface area contributed by atoms with Crippen molar-refractivity contribution in [2.45, 2.75) is 52.0 Å². The molecule has 0 heterocycles. The molecule has 1 fully saturated rings. The minimum atomic E-state index is 0.309. The van der Waals surface area contributed by atoms with Crippen LogP contribution in [-0.4, -0.2) is 29.9 Å². The minimum absolute atomic E-state index is 0.309. The first-order chi connectivity index (χ1) is 7.15. The lowest BCUT2D eigenvalue weighted by Crippen LogP contribution is -2.34. The highest BCUT2D eigenvalue weighted by Gasteiger charge is 2.31. The monoisotopic (exact) mass is 212 g/mol. The molecule has 0 aromatic rings. The molecule has 15 heavy (non-hydrogen) atoms. The molecule has 2 N–H and O–H groups in total. The van der Waals surface area contributed by atoms with Crippen molar-refractivity contribution >= 4 is 5.91 Å². The van der Waals surface area contributed by atoms with Crippen LogP contribution in [0.1, 0.15) is 46.0 Å². The van der Waals surface area contributed by atoms with Gasteiger partial charge in [-0.15, -0.1) is 0 Å². The van der Waals surface area contributed by atoms with E-state index in [-0.39, 0.29) is 0 Å². The van der Waals surface area contributed by atoms with Gasteiger partial charge in [0.15, 0.2) is 0 Å². The van der Waals surface area contributed by atoms with Gasteiger partial charge in [-0.3, -0.25) is 4.79 Å². The van der Waals surface area contributed by atoms with E-state index in [1.165, 1.54) is 12.8 Å². The third-order valence-electron chi connectivity index (χ3n) is 2.85. The Bertz CT molecular complexity index is 200. The third-order valence-corrected chi connectivity index (χ3v) is 2.85. The Balaban J connectivity index is 2.32. The Kier molecular flexibility index (Phi) is 5.09. The van der Waals surface area contributed by atoms with Crippen LogP contribution < -0.4 is 5.73 Å². The number of carbonyl (C=O) groups is 1. The minimum Gasteiger partial charge on any atom is -0.340 e. The van der Waals surface area contributed by atoms with Gasteiger partial charge in [-0.05, 0) is 38.1 Å². The lowest BCUT2D eigenvalue weighted by molar-refractivity contribution is -0.132. The number of nitrogens with two attached hydrogens (primary N) is 1. The second-order valence-corrected chi connectivity index (χ2v) is 4.89. The molecule has 3 nitrogen and oxygen atoms in total. The van der Waals surface area contributed by atoms with E-state index in [9.17, 15) is 4.79 Å².